The first-order chi connectivity index (χ1) is 7.93. The van der Waals surface area contributed by atoms with Crippen molar-refractivity contribution in [2.24, 2.45) is 0 Å². The molecule has 1 fully saturated rings. The summed E-state index contributed by atoms with van der Waals surface area (Å²) in [6, 6.07) is 0.182. The molecule has 0 bridgehead atoms. The number of hydrogen-bond acceptors (Lipinski definition) is 6. The van der Waals surface area contributed by atoms with Crippen molar-refractivity contribution in [3.8, 4) is 11.5 Å². The first-order valence-electron chi connectivity index (χ1n) is 5.36. The summed E-state index contributed by atoms with van der Waals surface area (Å²) in [6.45, 7) is 1.01. The molecule has 0 unspecified atom stereocenters. The zero-order valence-corrected chi connectivity index (χ0v) is 8.68. The van der Waals surface area contributed by atoms with Gasteiger partial charge >= 0.3 is 0 Å². The molecule has 3 rings (SSSR count). The Morgan fingerprint density at radius 2 is 2.38 bits per heavy atom. The topological polar surface area (TPSA) is 92.5 Å². The van der Waals surface area contributed by atoms with Gasteiger partial charge in [-0.15, -0.1) is 0 Å². The fourth-order valence-electron chi connectivity index (χ4n) is 1.85. The number of nitrogens with zero attached hydrogens (tertiary/aromatic N) is 4. The van der Waals surface area contributed by atoms with Crippen molar-refractivity contribution >= 4 is 0 Å². The Labute approximate surface area is 91.6 Å². The Morgan fingerprint density at radius 3 is 3.12 bits per heavy atom. The van der Waals surface area contributed by atoms with Crippen LogP contribution in [0.3, 0.4) is 0 Å². The van der Waals surface area contributed by atoms with Crippen LogP contribution >= 0.6 is 0 Å². The molecule has 1 atom stereocenters. The monoisotopic (exact) mass is 220 g/mol. The second-order valence-electron chi connectivity index (χ2n) is 3.81. The highest BCUT2D eigenvalue weighted by atomic mass is 16.5. The first kappa shape index (κ1) is 9.46. The predicted molar refractivity (Wildman–Crippen MR) is 54.3 cm³/mol. The summed E-state index contributed by atoms with van der Waals surface area (Å²) in [5.74, 6) is 1.12. The Hall–Kier alpha value is -1.76. The van der Waals surface area contributed by atoms with Crippen molar-refractivity contribution in [2.75, 3.05) is 6.54 Å². The second kappa shape index (κ2) is 4.01. The molecule has 2 aromatic rings. The van der Waals surface area contributed by atoms with E-state index in [9.17, 15) is 0 Å². The summed E-state index contributed by atoms with van der Waals surface area (Å²) >= 11 is 0. The largest absolute Gasteiger partial charge is 0.337 e. The molecule has 7 nitrogen and oxygen atoms in total. The average Bonchev–Trinajstić information content (AvgIpc) is 3.01. The number of hydrogen-bond donors (Lipinski definition) is 2. The van der Waals surface area contributed by atoms with E-state index in [1.54, 1.807) is 6.20 Å². The van der Waals surface area contributed by atoms with Gasteiger partial charge in [0.2, 0.25) is 11.7 Å². The summed E-state index contributed by atoms with van der Waals surface area (Å²) < 4.78 is 5.22. The van der Waals surface area contributed by atoms with E-state index in [0.29, 0.717) is 17.4 Å². The summed E-state index contributed by atoms with van der Waals surface area (Å²) in [5.41, 5.74) is 0.603. The van der Waals surface area contributed by atoms with Gasteiger partial charge in [0.05, 0.1) is 12.2 Å². The maximum atomic E-state index is 5.22. The zero-order chi connectivity index (χ0) is 10.8. The molecule has 16 heavy (non-hydrogen) atoms. The van der Waals surface area contributed by atoms with Crippen molar-refractivity contribution in [3.63, 3.8) is 0 Å². The van der Waals surface area contributed by atoms with Crippen LogP contribution in [0, 0.1) is 0 Å². The van der Waals surface area contributed by atoms with Gasteiger partial charge in [0.25, 0.3) is 0 Å². The van der Waals surface area contributed by atoms with Crippen LogP contribution in [0.5, 0.6) is 0 Å². The van der Waals surface area contributed by atoms with Gasteiger partial charge in [0.15, 0.2) is 5.69 Å². The molecule has 3 heterocycles. The number of H-pyrrole nitrogens is 1. The number of aromatic nitrogens is 5. The molecule has 0 spiro atoms. The molecule has 2 N–H and O–H groups in total. The third-order valence-corrected chi connectivity index (χ3v) is 2.69. The highest BCUT2D eigenvalue weighted by Gasteiger charge is 2.21. The summed E-state index contributed by atoms with van der Waals surface area (Å²) in [6.07, 6.45) is 5.02. The third kappa shape index (κ3) is 1.69. The molecule has 7 heteroatoms. The van der Waals surface area contributed by atoms with Gasteiger partial charge in [-0.3, -0.25) is 0 Å². The lowest BCUT2D eigenvalue weighted by atomic mass is 10.1. The van der Waals surface area contributed by atoms with Crippen LogP contribution < -0.4 is 5.32 Å². The van der Waals surface area contributed by atoms with Gasteiger partial charge in [-0.05, 0) is 19.4 Å². The van der Waals surface area contributed by atoms with Crippen molar-refractivity contribution in [3.05, 3.63) is 12.1 Å². The molecule has 1 aliphatic rings. The van der Waals surface area contributed by atoms with Gasteiger partial charge < -0.3 is 9.84 Å². The van der Waals surface area contributed by atoms with Crippen LogP contribution in [-0.2, 0) is 0 Å². The minimum absolute atomic E-state index is 0.182. The van der Waals surface area contributed by atoms with Crippen LogP contribution in [0.15, 0.2) is 10.7 Å². The maximum absolute atomic E-state index is 5.22. The van der Waals surface area contributed by atoms with Gasteiger partial charge in [-0.1, -0.05) is 11.6 Å². The van der Waals surface area contributed by atoms with E-state index in [1.165, 1.54) is 12.8 Å². The van der Waals surface area contributed by atoms with Crippen molar-refractivity contribution in [2.45, 2.75) is 25.3 Å². The SMILES string of the molecule is c1n[nH]nc1-c1noc([C@@H]2CCCCN2)n1. The smallest absolute Gasteiger partial charge is 0.244 e. The van der Waals surface area contributed by atoms with Crippen LogP contribution in [0.1, 0.15) is 31.2 Å². The molecule has 2 aromatic heterocycles. The third-order valence-electron chi connectivity index (χ3n) is 2.69. The fraction of sp³-hybridized carbons (Fsp3) is 0.556. The van der Waals surface area contributed by atoms with E-state index in [0.717, 1.165) is 13.0 Å². The van der Waals surface area contributed by atoms with Crippen molar-refractivity contribution < 1.29 is 4.52 Å². The quantitative estimate of drug-likeness (QED) is 0.772. The second-order valence-corrected chi connectivity index (χ2v) is 3.81. The first-order valence-corrected chi connectivity index (χ1v) is 5.36. The van der Waals surface area contributed by atoms with E-state index in [1.807, 2.05) is 0 Å². The van der Waals surface area contributed by atoms with Gasteiger partial charge in [-0.2, -0.15) is 20.4 Å². The van der Waals surface area contributed by atoms with Crippen LogP contribution in [-0.4, -0.2) is 32.1 Å². The van der Waals surface area contributed by atoms with Crippen molar-refractivity contribution in [1.82, 2.24) is 30.9 Å². The molecule has 0 radical (unpaired) electrons. The van der Waals surface area contributed by atoms with Gasteiger partial charge in [0, 0.05) is 0 Å². The fourth-order valence-corrected chi connectivity index (χ4v) is 1.85. The molecule has 1 saturated heterocycles. The lowest BCUT2D eigenvalue weighted by Gasteiger charge is -2.19. The molecule has 0 aromatic carbocycles. The Balaban J connectivity index is 1.82. The van der Waals surface area contributed by atoms with E-state index in [4.69, 9.17) is 4.52 Å². The molecule has 0 aliphatic carbocycles. The molecular weight excluding hydrogens is 208 g/mol. The standard InChI is InChI=1S/C9H12N6O/c1-2-4-10-6(3-1)9-12-8(14-16-9)7-5-11-15-13-7/h5-6,10H,1-4H2,(H,11,13,15)/t6-/m0/s1. The van der Waals surface area contributed by atoms with E-state index in [-0.39, 0.29) is 6.04 Å². The van der Waals surface area contributed by atoms with Gasteiger partial charge in [-0.25, -0.2) is 0 Å². The van der Waals surface area contributed by atoms with E-state index in [2.05, 4.69) is 30.9 Å². The summed E-state index contributed by atoms with van der Waals surface area (Å²) in [4.78, 5) is 4.31. The summed E-state index contributed by atoms with van der Waals surface area (Å²) in [7, 11) is 0. The van der Waals surface area contributed by atoms with E-state index >= 15 is 0 Å². The molecular formula is C9H12N6O. The molecule has 0 saturated carbocycles. The van der Waals surface area contributed by atoms with Crippen LogP contribution in [0.25, 0.3) is 11.5 Å². The Kier molecular flexibility index (Phi) is 2.37. The average molecular weight is 220 g/mol. The lowest BCUT2D eigenvalue weighted by molar-refractivity contribution is 0.297. The Bertz CT molecular complexity index is 444. The molecule has 0 amide bonds. The highest BCUT2D eigenvalue weighted by Crippen LogP contribution is 2.22. The number of rotatable bonds is 2. The molecule has 1 aliphatic heterocycles. The van der Waals surface area contributed by atoms with Crippen molar-refractivity contribution in [1.29, 1.82) is 0 Å². The van der Waals surface area contributed by atoms with Gasteiger partial charge in [0.1, 0.15) is 0 Å². The number of aromatic amines is 1. The highest BCUT2D eigenvalue weighted by molar-refractivity contribution is 5.44. The maximum Gasteiger partial charge on any atom is 0.244 e. The Morgan fingerprint density at radius 1 is 1.38 bits per heavy atom. The number of piperidine rings is 1. The summed E-state index contributed by atoms with van der Waals surface area (Å²) in [5, 5.41) is 17.4. The zero-order valence-electron chi connectivity index (χ0n) is 8.68. The number of nitrogens with one attached hydrogen (secondary N) is 2. The van der Waals surface area contributed by atoms with Crippen LogP contribution in [0.4, 0.5) is 0 Å². The van der Waals surface area contributed by atoms with E-state index < -0.39 is 0 Å². The minimum atomic E-state index is 0.182. The lowest BCUT2D eigenvalue weighted by Crippen LogP contribution is -2.26. The molecule has 84 valence electrons. The van der Waals surface area contributed by atoms with Crippen LogP contribution in [0.2, 0.25) is 0 Å². The predicted octanol–water partition coefficient (Wildman–Crippen LogP) is 0.669. The minimum Gasteiger partial charge on any atom is -0.337 e. The normalized spacial score (nSPS) is 21.1.